The summed E-state index contributed by atoms with van der Waals surface area (Å²) in [6.45, 7) is 4.48. The van der Waals surface area contributed by atoms with E-state index in [4.69, 9.17) is 4.74 Å². The average molecular weight is 199 g/mol. The van der Waals surface area contributed by atoms with E-state index in [0.29, 0.717) is 18.7 Å². The van der Waals surface area contributed by atoms with Gasteiger partial charge in [-0.05, 0) is 13.3 Å². The number of nitrogens with zero attached hydrogens (tertiary/aromatic N) is 3. The predicted octanol–water partition coefficient (Wildman–Crippen LogP) is 0.929. The first-order chi connectivity index (χ1) is 6.69. The van der Waals surface area contributed by atoms with Crippen molar-refractivity contribution in [3.05, 3.63) is 11.9 Å². The molecule has 1 heterocycles. The van der Waals surface area contributed by atoms with E-state index in [1.54, 1.807) is 18.0 Å². The molecular weight excluding hydrogens is 182 g/mol. The van der Waals surface area contributed by atoms with Crippen molar-refractivity contribution < 1.29 is 9.84 Å². The van der Waals surface area contributed by atoms with Gasteiger partial charge in [-0.3, -0.25) is 0 Å². The molecule has 0 saturated carbocycles. The summed E-state index contributed by atoms with van der Waals surface area (Å²) in [5, 5.41) is 17.3. The molecule has 5 nitrogen and oxygen atoms in total. The molecule has 1 aromatic rings. The van der Waals surface area contributed by atoms with E-state index in [1.807, 2.05) is 13.8 Å². The molecule has 0 aliphatic heterocycles. The molecule has 80 valence electrons. The molecular formula is C9H17N3O2. The van der Waals surface area contributed by atoms with Gasteiger partial charge in [-0.15, -0.1) is 5.10 Å². The van der Waals surface area contributed by atoms with Crippen molar-refractivity contribution >= 4 is 0 Å². The first kappa shape index (κ1) is 11.1. The zero-order valence-corrected chi connectivity index (χ0v) is 8.84. The summed E-state index contributed by atoms with van der Waals surface area (Å²) in [6, 6.07) is 0.144. The quantitative estimate of drug-likeness (QED) is 0.766. The van der Waals surface area contributed by atoms with Crippen molar-refractivity contribution in [1.82, 2.24) is 15.0 Å². The molecule has 2 atom stereocenters. The second kappa shape index (κ2) is 5.07. The molecule has 0 spiro atoms. The Morgan fingerprint density at radius 2 is 2.36 bits per heavy atom. The second-order valence-electron chi connectivity index (χ2n) is 3.35. The van der Waals surface area contributed by atoms with Crippen molar-refractivity contribution in [2.45, 2.75) is 32.4 Å². The molecule has 0 bridgehead atoms. The van der Waals surface area contributed by atoms with Gasteiger partial charge in [0.1, 0.15) is 5.69 Å². The number of hydrogen-bond donors (Lipinski definition) is 1. The third kappa shape index (κ3) is 2.52. The minimum atomic E-state index is -0.515. The third-order valence-corrected chi connectivity index (χ3v) is 2.12. The van der Waals surface area contributed by atoms with Crippen LogP contribution in [0.25, 0.3) is 0 Å². The molecule has 0 radical (unpaired) electrons. The zero-order chi connectivity index (χ0) is 10.6. The van der Waals surface area contributed by atoms with Crippen molar-refractivity contribution in [1.29, 1.82) is 0 Å². The van der Waals surface area contributed by atoms with Crippen LogP contribution in [0.1, 0.15) is 38.1 Å². The normalized spacial score (nSPS) is 15.4. The lowest BCUT2D eigenvalue weighted by Crippen LogP contribution is -2.11. The number of aliphatic hydroxyl groups excluding tert-OH is 1. The highest BCUT2D eigenvalue weighted by atomic mass is 16.5. The van der Waals surface area contributed by atoms with E-state index in [1.165, 1.54) is 0 Å². The Bertz CT molecular complexity index is 275. The molecule has 1 N–H and O–H groups in total. The molecule has 14 heavy (non-hydrogen) atoms. The molecule has 0 fully saturated rings. The first-order valence-corrected chi connectivity index (χ1v) is 4.77. The van der Waals surface area contributed by atoms with E-state index in [9.17, 15) is 5.11 Å². The molecule has 0 aliphatic rings. The number of aliphatic hydroxyl groups is 1. The van der Waals surface area contributed by atoms with Crippen molar-refractivity contribution in [3.8, 4) is 0 Å². The minimum Gasteiger partial charge on any atom is -0.387 e. The zero-order valence-electron chi connectivity index (χ0n) is 8.84. The first-order valence-electron chi connectivity index (χ1n) is 4.77. The van der Waals surface area contributed by atoms with Gasteiger partial charge in [0.25, 0.3) is 0 Å². The van der Waals surface area contributed by atoms with Crippen molar-refractivity contribution in [3.63, 3.8) is 0 Å². The fraction of sp³-hybridized carbons (Fsp3) is 0.778. The molecule has 1 rings (SSSR count). The summed E-state index contributed by atoms with van der Waals surface area (Å²) < 4.78 is 6.71. The van der Waals surface area contributed by atoms with Crippen molar-refractivity contribution in [2.75, 3.05) is 13.7 Å². The lowest BCUT2D eigenvalue weighted by atomic mass is 10.2. The van der Waals surface area contributed by atoms with Crippen molar-refractivity contribution in [2.24, 2.45) is 0 Å². The fourth-order valence-electron chi connectivity index (χ4n) is 1.19. The average Bonchev–Trinajstić information content (AvgIpc) is 2.66. The number of aromatic nitrogens is 3. The van der Waals surface area contributed by atoms with Crippen LogP contribution < -0.4 is 0 Å². The second-order valence-corrected chi connectivity index (χ2v) is 3.35. The van der Waals surface area contributed by atoms with Crippen LogP contribution in [0, 0.1) is 0 Å². The monoisotopic (exact) mass is 199 g/mol. The molecule has 2 unspecified atom stereocenters. The van der Waals surface area contributed by atoms with Gasteiger partial charge in [-0.1, -0.05) is 12.1 Å². The van der Waals surface area contributed by atoms with E-state index in [2.05, 4.69) is 10.3 Å². The van der Waals surface area contributed by atoms with Crippen LogP contribution in [0.5, 0.6) is 0 Å². The van der Waals surface area contributed by atoms with Crippen LogP contribution in [-0.2, 0) is 4.74 Å². The number of rotatable bonds is 5. The lowest BCUT2D eigenvalue weighted by Gasteiger charge is -2.08. The highest BCUT2D eigenvalue weighted by Gasteiger charge is 2.12. The Kier molecular flexibility index (Phi) is 4.03. The standard InChI is InChI=1S/C9H17N3O2/c1-4-9(13)8-5-12(11-10-8)7(2)6-14-3/h5,7,9,13H,4,6H2,1-3H3. The molecule has 0 saturated heterocycles. The predicted molar refractivity (Wildman–Crippen MR) is 51.9 cm³/mol. The van der Waals surface area contributed by atoms with Crippen LogP contribution in [0.4, 0.5) is 0 Å². The number of hydrogen-bond acceptors (Lipinski definition) is 4. The van der Waals surface area contributed by atoms with Gasteiger partial charge in [0.15, 0.2) is 0 Å². The Morgan fingerprint density at radius 3 is 2.93 bits per heavy atom. The summed E-state index contributed by atoms with van der Waals surface area (Å²) in [5.74, 6) is 0. The maximum atomic E-state index is 9.51. The Hall–Kier alpha value is -0.940. The summed E-state index contributed by atoms with van der Waals surface area (Å²) in [7, 11) is 1.65. The van der Waals surface area contributed by atoms with E-state index in [0.717, 1.165) is 0 Å². The highest BCUT2D eigenvalue weighted by Crippen LogP contribution is 2.14. The van der Waals surface area contributed by atoms with Gasteiger partial charge in [0, 0.05) is 7.11 Å². The van der Waals surface area contributed by atoms with E-state index < -0.39 is 6.10 Å². The molecule has 0 aromatic carbocycles. The smallest absolute Gasteiger partial charge is 0.111 e. The summed E-state index contributed by atoms with van der Waals surface area (Å²) in [5.41, 5.74) is 0.621. The van der Waals surface area contributed by atoms with Gasteiger partial charge in [0.2, 0.25) is 0 Å². The molecule has 0 amide bonds. The van der Waals surface area contributed by atoms with Crippen LogP contribution >= 0.6 is 0 Å². The Balaban J connectivity index is 2.67. The van der Waals surface area contributed by atoms with Crippen LogP contribution in [0.2, 0.25) is 0 Å². The maximum Gasteiger partial charge on any atom is 0.111 e. The summed E-state index contributed by atoms with van der Waals surface area (Å²) in [4.78, 5) is 0. The molecule has 0 aliphatic carbocycles. The van der Waals surface area contributed by atoms with Gasteiger partial charge < -0.3 is 9.84 Å². The topological polar surface area (TPSA) is 60.2 Å². The summed E-state index contributed by atoms with van der Waals surface area (Å²) in [6.07, 6.45) is 1.90. The van der Waals surface area contributed by atoms with E-state index in [-0.39, 0.29) is 6.04 Å². The third-order valence-electron chi connectivity index (χ3n) is 2.12. The lowest BCUT2D eigenvalue weighted by molar-refractivity contribution is 0.155. The highest BCUT2D eigenvalue weighted by molar-refractivity contribution is 4.97. The maximum absolute atomic E-state index is 9.51. The van der Waals surface area contributed by atoms with Crippen LogP contribution in [0.15, 0.2) is 6.20 Å². The Morgan fingerprint density at radius 1 is 1.64 bits per heavy atom. The Labute approximate surface area is 83.7 Å². The minimum absolute atomic E-state index is 0.144. The SMILES string of the molecule is CCC(O)c1cn(C(C)COC)nn1. The fourth-order valence-corrected chi connectivity index (χ4v) is 1.19. The largest absolute Gasteiger partial charge is 0.387 e. The van der Waals surface area contributed by atoms with Crippen LogP contribution in [-0.4, -0.2) is 33.8 Å². The van der Waals surface area contributed by atoms with Gasteiger partial charge in [0.05, 0.1) is 24.9 Å². The molecule has 1 aromatic heterocycles. The van der Waals surface area contributed by atoms with Crippen LogP contribution in [0.3, 0.4) is 0 Å². The van der Waals surface area contributed by atoms with Gasteiger partial charge >= 0.3 is 0 Å². The van der Waals surface area contributed by atoms with E-state index >= 15 is 0 Å². The molecule has 5 heteroatoms. The number of methoxy groups -OCH3 is 1. The van der Waals surface area contributed by atoms with Gasteiger partial charge in [-0.25, -0.2) is 4.68 Å². The number of ether oxygens (including phenoxy) is 1. The summed E-state index contributed by atoms with van der Waals surface area (Å²) >= 11 is 0. The van der Waals surface area contributed by atoms with Gasteiger partial charge in [-0.2, -0.15) is 0 Å².